The van der Waals surface area contributed by atoms with Crippen LogP contribution < -0.4 is 5.32 Å². The second-order valence-corrected chi connectivity index (χ2v) is 7.76. The molecular formula is C16H25N3O3S. The molecule has 0 unspecified atom stereocenters. The molecule has 1 aromatic rings. The van der Waals surface area contributed by atoms with Gasteiger partial charge in [-0.15, -0.1) is 11.3 Å². The SMILES string of the molecule is COCc1csc(NC(=O)[C@@H]2CCCN(C(=O)C(C)(C)C)C2)n1. The van der Waals surface area contributed by atoms with Gasteiger partial charge in [0.2, 0.25) is 11.8 Å². The van der Waals surface area contributed by atoms with Crippen molar-refractivity contribution in [2.75, 3.05) is 25.5 Å². The first-order valence-corrected chi connectivity index (χ1v) is 8.73. The number of carbonyl (C=O) groups excluding carboxylic acids is 2. The number of anilines is 1. The number of ether oxygens (including phenoxy) is 1. The van der Waals surface area contributed by atoms with E-state index in [4.69, 9.17) is 4.74 Å². The number of amides is 2. The molecule has 0 bridgehead atoms. The molecule has 1 atom stereocenters. The third-order valence-electron chi connectivity index (χ3n) is 3.80. The van der Waals surface area contributed by atoms with Gasteiger partial charge in [0.25, 0.3) is 0 Å². The Morgan fingerprint density at radius 1 is 1.48 bits per heavy atom. The number of nitrogens with one attached hydrogen (secondary N) is 1. The van der Waals surface area contributed by atoms with Crippen molar-refractivity contribution in [1.29, 1.82) is 0 Å². The van der Waals surface area contributed by atoms with Crippen LogP contribution in [0, 0.1) is 11.3 Å². The number of thiazole rings is 1. The lowest BCUT2D eigenvalue weighted by Crippen LogP contribution is -2.47. The molecule has 7 heteroatoms. The summed E-state index contributed by atoms with van der Waals surface area (Å²) in [5.74, 6) is -0.133. The molecule has 128 valence electrons. The number of hydrogen-bond donors (Lipinski definition) is 1. The number of likely N-dealkylation sites (tertiary alicyclic amines) is 1. The van der Waals surface area contributed by atoms with Crippen LogP contribution in [-0.4, -0.2) is 41.9 Å². The summed E-state index contributed by atoms with van der Waals surface area (Å²) >= 11 is 1.39. The molecule has 1 fully saturated rings. The van der Waals surface area contributed by atoms with E-state index in [0.717, 1.165) is 25.1 Å². The van der Waals surface area contributed by atoms with Gasteiger partial charge < -0.3 is 15.0 Å². The van der Waals surface area contributed by atoms with Gasteiger partial charge in [-0.1, -0.05) is 20.8 Å². The number of hydrogen-bond acceptors (Lipinski definition) is 5. The highest BCUT2D eigenvalue weighted by Gasteiger charge is 2.33. The minimum absolute atomic E-state index is 0.0604. The van der Waals surface area contributed by atoms with Crippen molar-refractivity contribution in [3.63, 3.8) is 0 Å². The topological polar surface area (TPSA) is 71.5 Å². The van der Waals surface area contributed by atoms with Crippen molar-refractivity contribution in [2.24, 2.45) is 11.3 Å². The van der Waals surface area contributed by atoms with Crippen molar-refractivity contribution in [3.8, 4) is 0 Å². The highest BCUT2D eigenvalue weighted by atomic mass is 32.1. The number of rotatable bonds is 4. The molecule has 1 aliphatic heterocycles. The average Bonchev–Trinajstić information content (AvgIpc) is 2.93. The van der Waals surface area contributed by atoms with E-state index in [0.29, 0.717) is 18.3 Å². The molecule has 2 rings (SSSR count). The Kier molecular flexibility index (Phi) is 5.75. The molecule has 0 saturated carbocycles. The highest BCUT2D eigenvalue weighted by molar-refractivity contribution is 7.13. The molecule has 0 aromatic carbocycles. The summed E-state index contributed by atoms with van der Waals surface area (Å²) in [4.78, 5) is 31.0. The normalized spacial score (nSPS) is 18.8. The van der Waals surface area contributed by atoms with Crippen LogP contribution in [0.5, 0.6) is 0 Å². The van der Waals surface area contributed by atoms with Crippen LogP contribution in [0.25, 0.3) is 0 Å². The van der Waals surface area contributed by atoms with E-state index in [1.165, 1.54) is 11.3 Å². The van der Waals surface area contributed by atoms with Gasteiger partial charge in [0.15, 0.2) is 5.13 Å². The Morgan fingerprint density at radius 3 is 2.87 bits per heavy atom. The zero-order valence-electron chi connectivity index (χ0n) is 14.2. The molecule has 0 radical (unpaired) electrons. The Balaban J connectivity index is 1.95. The third-order valence-corrected chi connectivity index (χ3v) is 4.60. The minimum Gasteiger partial charge on any atom is -0.378 e. The summed E-state index contributed by atoms with van der Waals surface area (Å²) in [6, 6.07) is 0. The summed E-state index contributed by atoms with van der Waals surface area (Å²) < 4.78 is 5.02. The largest absolute Gasteiger partial charge is 0.378 e. The first-order chi connectivity index (χ1) is 10.8. The predicted molar refractivity (Wildman–Crippen MR) is 90.2 cm³/mol. The molecule has 1 aliphatic rings. The molecular weight excluding hydrogens is 314 g/mol. The van der Waals surface area contributed by atoms with E-state index < -0.39 is 5.41 Å². The average molecular weight is 339 g/mol. The lowest BCUT2D eigenvalue weighted by Gasteiger charge is -2.35. The van der Waals surface area contributed by atoms with Gasteiger partial charge in [-0.25, -0.2) is 4.98 Å². The van der Waals surface area contributed by atoms with Crippen molar-refractivity contribution >= 4 is 28.3 Å². The highest BCUT2D eigenvalue weighted by Crippen LogP contribution is 2.25. The van der Waals surface area contributed by atoms with Crippen LogP contribution in [0.3, 0.4) is 0 Å². The molecule has 0 aliphatic carbocycles. The summed E-state index contributed by atoms with van der Waals surface area (Å²) in [5, 5.41) is 5.32. The molecule has 23 heavy (non-hydrogen) atoms. The number of nitrogens with zero attached hydrogens (tertiary/aromatic N) is 2. The van der Waals surface area contributed by atoms with Crippen LogP contribution in [0.4, 0.5) is 5.13 Å². The fraction of sp³-hybridized carbons (Fsp3) is 0.688. The first kappa shape index (κ1) is 17.9. The maximum atomic E-state index is 12.4. The van der Waals surface area contributed by atoms with E-state index in [1.807, 2.05) is 31.1 Å². The zero-order valence-corrected chi connectivity index (χ0v) is 15.0. The number of methoxy groups -OCH3 is 1. The molecule has 2 amide bonds. The maximum Gasteiger partial charge on any atom is 0.231 e. The van der Waals surface area contributed by atoms with E-state index >= 15 is 0 Å². The Morgan fingerprint density at radius 2 is 2.22 bits per heavy atom. The molecule has 1 aromatic heterocycles. The first-order valence-electron chi connectivity index (χ1n) is 7.85. The molecule has 6 nitrogen and oxygen atoms in total. The third kappa shape index (κ3) is 4.75. The number of piperidine rings is 1. The van der Waals surface area contributed by atoms with Crippen molar-refractivity contribution in [3.05, 3.63) is 11.1 Å². The van der Waals surface area contributed by atoms with Crippen LogP contribution in [-0.2, 0) is 20.9 Å². The molecule has 1 saturated heterocycles. The second-order valence-electron chi connectivity index (χ2n) is 6.91. The van der Waals surface area contributed by atoms with Crippen LogP contribution >= 0.6 is 11.3 Å². The Hall–Kier alpha value is -1.47. The van der Waals surface area contributed by atoms with Crippen molar-refractivity contribution in [1.82, 2.24) is 9.88 Å². The fourth-order valence-electron chi connectivity index (χ4n) is 2.64. The zero-order chi connectivity index (χ0) is 17.0. The van der Waals surface area contributed by atoms with E-state index in [9.17, 15) is 9.59 Å². The predicted octanol–water partition coefficient (Wildman–Crippen LogP) is 2.51. The second kappa shape index (κ2) is 7.40. The lowest BCUT2D eigenvalue weighted by atomic mass is 9.91. The van der Waals surface area contributed by atoms with Crippen molar-refractivity contribution in [2.45, 2.75) is 40.2 Å². The minimum atomic E-state index is -0.414. The maximum absolute atomic E-state index is 12.4. The van der Waals surface area contributed by atoms with Crippen LogP contribution in [0.15, 0.2) is 5.38 Å². The number of aromatic nitrogens is 1. The molecule has 2 heterocycles. The van der Waals surface area contributed by atoms with Gasteiger partial charge in [-0.2, -0.15) is 0 Å². The standard InChI is InChI=1S/C16H25N3O3S/c1-16(2,3)14(21)19-7-5-6-11(8-19)13(20)18-15-17-12(9-22-4)10-23-15/h10-11H,5-9H2,1-4H3,(H,17,18,20)/t11-/m1/s1. The number of carbonyl (C=O) groups is 2. The van der Waals surface area contributed by atoms with Gasteiger partial charge in [0, 0.05) is 31.0 Å². The van der Waals surface area contributed by atoms with Crippen molar-refractivity contribution < 1.29 is 14.3 Å². The molecule has 1 N–H and O–H groups in total. The Labute approximate surface area is 141 Å². The fourth-order valence-corrected chi connectivity index (χ4v) is 3.33. The quantitative estimate of drug-likeness (QED) is 0.915. The lowest BCUT2D eigenvalue weighted by molar-refractivity contribution is -0.142. The monoisotopic (exact) mass is 339 g/mol. The van der Waals surface area contributed by atoms with Gasteiger partial charge in [0.1, 0.15) is 0 Å². The van der Waals surface area contributed by atoms with E-state index in [-0.39, 0.29) is 17.7 Å². The van der Waals surface area contributed by atoms with E-state index in [1.54, 1.807) is 7.11 Å². The Bertz CT molecular complexity index is 565. The van der Waals surface area contributed by atoms with Gasteiger partial charge >= 0.3 is 0 Å². The van der Waals surface area contributed by atoms with Gasteiger partial charge in [-0.3, -0.25) is 9.59 Å². The summed E-state index contributed by atoms with van der Waals surface area (Å²) in [6.07, 6.45) is 1.66. The summed E-state index contributed by atoms with van der Waals surface area (Å²) in [7, 11) is 1.61. The smallest absolute Gasteiger partial charge is 0.231 e. The van der Waals surface area contributed by atoms with Crippen LogP contribution in [0.2, 0.25) is 0 Å². The summed E-state index contributed by atoms with van der Waals surface area (Å²) in [6.45, 7) is 7.38. The van der Waals surface area contributed by atoms with Gasteiger partial charge in [-0.05, 0) is 12.8 Å². The van der Waals surface area contributed by atoms with E-state index in [2.05, 4.69) is 10.3 Å². The summed E-state index contributed by atoms with van der Waals surface area (Å²) in [5.41, 5.74) is 0.393. The van der Waals surface area contributed by atoms with Crippen LogP contribution in [0.1, 0.15) is 39.3 Å². The van der Waals surface area contributed by atoms with Gasteiger partial charge in [0.05, 0.1) is 18.2 Å². The molecule has 0 spiro atoms.